The number of hydrogen-bond acceptors (Lipinski definition) is 9. The zero-order valence-electron chi connectivity index (χ0n) is 14.6. The Kier molecular flexibility index (Phi) is 4.53. The van der Waals surface area contributed by atoms with Crippen LogP contribution < -0.4 is 15.8 Å². The third kappa shape index (κ3) is 2.70. The second kappa shape index (κ2) is 6.62. The summed E-state index contributed by atoms with van der Waals surface area (Å²) in [5.41, 5.74) is 5.29. The second-order valence-corrected chi connectivity index (χ2v) is 7.41. The van der Waals surface area contributed by atoms with Gasteiger partial charge in [0, 0.05) is 12.8 Å². The molecule has 0 amide bonds. The predicted molar refractivity (Wildman–Crippen MR) is 95.2 cm³/mol. The third-order valence-corrected chi connectivity index (χ3v) is 5.80. The molecule has 1 aliphatic carbocycles. The highest BCUT2D eigenvalue weighted by atomic mass is 16.6. The van der Waals surface area contributed by atoms with Crippen LogP contribution in [0.25, 0.3) is 0 Å². The fourth-order valence-electron chi connectivity index (χ4n) is 4.49. The highest BCUT2D eigenvalue weighted by Gasteiger charge is 2.61. The number of hydrogen-bond donors (Lipinski definition) is 6. The summed E-state index contributed by atoms with van der Waals surface area (Å²) in [5, 5.41) is 40.6. The van der Waals surface area contributed by atoms with E-state index in [9.17, 15) is 25.2 Å². The molecule has 1 aromatic heterocycles. The number of rotatable bonds is 3. The van der Waals surface area contributed by atoms with Gasteiger partial charge in [-0.05, 0) is 12.8 Å². The van der Waals surface area contributed by atoms with Crippen molar-refractivity contribution in [3.8, 4) is 0 Å². The molecule has 11 heteroatoms. The van der Waals surface area contributed by atoms with Gasteiger partial charge in [-0.25, -0.2) is 4.48 Å². The number of aromatic amines is 1. The highest BCUT2D eigenvalue weighted by Crippen LogP contribution is 2.45. The molecule has 7 atom stereocenters. The lowest BCUT2D eigenvalue weighted by atomic mass is 9.89. The van der Waals surface area contributed by atoms with Gasteiger partial charge in [0.15, 0.2) is 12.4 Å². The Labute approximate surface area is 154 Å². The summed E-state index contributed by atoms with van der Waals surface area (Å²) in [6.07, 6.45) is -1.32. The Morgan fingerprint density at radius 2 is 2.07 bits per heavy atom. The first-order valence-corrected chi connectivity index (χ1v) is 9.02. The number of nitrogens with two attached hydrogens (primary N) is 1. The van der Waals surface area contributed by atoms with Crippen LogP contribution in [0.15, 0.2) is 9.79 Å². The summed E-state index contributed by atoms with van der Waals surface area (Å²) < 4.78 is 5.55. The molecule has 2 fully saturated rings. The van der Waals surface area contributed by atoms with E-state index in [1.807, 2.05) is 0 Å². The van der Waals surface area contributed by atoms with Gasteiger partial charge in [-0.1, -0.05) is 0 Å². The van der Waals surface area contributed by atoms with E-state index in [-0.39, 0.29) is 28.0 Å². The van der Waals surface area contributed by atoms with E-state index in [0.29, 0.717) is 19.3 Å². The van der Waals surface area contributed by atoms with Crippen molar-refractivity contribution in [2.45, 2.75) is 62.4 Å². The van der Waals surface area contributed by atoms with Crippen molar-refractivity contribution >= 4 is 23.8 Å². The maximum Gasteiger partial charge on any atom is 0.284 e. The quantitative estimate of drug-likeness (QED) is 0.328. The molecule has 1 aromatic rings. The lowest BCUT2D eigenvalue weighted by Crippen LogP contribution is -2.66. The number of nitrogens with zero attached hydrogens (tertiary/aromatic N) is 3. The number of aliphatic hydroxyl groups is 4. The second-order valence-electron chi connectivity index (χ2n) is 7.41. The molecule has 0 radical (unpaired) electrons. The number of nitrogens with one attached hydrogen (secondary N) is 1. The first kappa shape index (κ1) is 18.5. The van der Waals surface area contributed by atoms with Crippen molar-refractivity contribution in [1.29, 1.82) is 0 Å². The topological polar surface area (TPSA) is 174 Å². The van der Waals surface area contributed by atoms with Crippen LogP contribution in [0, 0.1) is 0 Å². The van der Waals surface area contributed by atoms with Crippen molar-refractivity contribution in [2.24, 2.45) is 4.99 Å². The number of aliphatic imine (C=N–C) groups is 1. The summed E-state index contributed by atoms with van der Waals surface area (Å²) in [4.78, 5) is 23.2. The summed E-state index contributed by atoms with van der Waals surface area (Å²) in [5.74, 6) is 0.111. The molecule has 11 nitrogen and oxygen atoms in total. The van der Waals surface area contributed by atoms with Crippen LogP contribution in [0.3, 0.4) is 0 Å². The Bertz CT molecular complexity index is 815. The van der Waals surface area contributed by atoms with E-state index in [1.165, 1.54) is 6.34 Å². The minimum absolute atomic E-state index is 0.0574. The van der Waals surface area contributed by atoms with Crippen molar-refractivity contribution in [1.82, 2.24) is 14.5 Å². The molecular weight excluding hydrogens is 358 g/mol. The smallest absolute Gasteiger partial charge is 0.284 e. The number of aliphatic hydroxyl groups excluding tert-OH is 4. The molecule has 0 spiro atoms. The van der Waals surface area contributed by atoms with E-state index in [2.05, 4.69) is 15.0 Å². The van der Waals surface area contributed by atoms with Gasteiger partial charge in [0.25, 0.3) is 11.4 Å². The third-order valence-electron chi connectivity index (χ3n) is 5.80. The minimum Gasteiger partial charge on any atom is -0.394 e. The number of nitrogen functional groups attached to an aromatic ring is 1. The lowest BCUT2D eigenvalue weighted by Gasteiger charge is -2.44. The van der Waals surface area contributed by atoms with Crippen LogP contribution in [0.5, 0.6) is 0 Å². The first-order chi connectivity index (χ1) is 12.9. The number of ether oxygens (including phenoxy) is 1. The largest absolute Gasteiger partial charge is 0.394 e. The van der Waals surface area contributed by atoms with E-state index >= 15 is 0 Å². The number of fused-ring (bicyclic) bond motifs is 1. The van der Waals surface area contributed by atoms with Crippen LogP contribution in [-0.2, 0) is 4.74 Å². The van der Waals surface area contributed by atoms with Crippen LogP contribution in [0.1, 0.15) is 25.7 Å². The standard InChI is InChI=1S/C16H23N5O6/c17-16-19-13-10(14(26)20-16)18-6-21(13,7-2-1-3-8(23)4-7)15-12(25)11(24)9(5-22)27-15/h6-9,11-12,15,22-25H,1-5H2,(H2-,17,19,20,26)/p+1/t7-,8+,9-,11-,12-,15-,21?/m1/s1. The molecule has 2 aliphatic heterocycles. The summed E-state index contributed by atoms with van der Waals surface area (Å²) >= 11 is 0. The van der Waals surface area contributed by atoms with Gasteiger partial charge < -0.3 is 30.9 Å². The highest BCUT2D eigenvalue weighted by molar-refractivity contribution is 5.87. The molecule has 4 rings (SSSR count). The molecule has 27 heavy (non-hydrogen) atoms. The van der Waals surface area contributed by atoms with Gasteiger partial charge in [0.2, 0.25) is 17.9 Å². The molecule has 1 unspecified atom stereocenters. The van der Waals surface area contributed by atoms with Gasteiger partial charge in [-0.2, -0.15) is 9.98 Å². The molecule has 3 aliphatic rings. The van der Waals surface area contributed by atoms with Crippen molar-refractivity contribution in [3.63, 3.8) is 0 Å². The van der Waals surface area contributed by atoms with Crippen molar-refractivity contribution < 1.29 is 25.2 Å². The Balaban J connectivity index is 1.87. The molecule has 148 valence electrons. The molecule has 7 N–H and O–H groups in total. The van der Waals surface area contributed by atoms with E-state index in [0.717, 1.165) is 6.42 Å². The molecular formula is C16H24N5O6+. The van der Waals surface area contributed by atoms with Crippen LogP contribution in [0.2, 0.25) is 0 Å². The van der Waals surface area contributed by atoms with Gasteiger partial charge in [-0.15, -0.1) is 0 Å². The van der Waals surface area contributed by atoms with Gasteiger partial charge in [-0.3, -0.25) is 9.78 Å². The average Bonchev–Trinajstić information content (AvgIpc) is 3.15. The zero-order chi connectivity index (χ0) is 19.3. The van der Waals surface area contributed by atoms with Crippen molar-refractivity contribution in [3.05, 3.63) is 10.4 Å². The maximum atomic E-state index is 12.3. The summed E-state index contributed by atoms with van der Waals surface area (Å²) in [7, 11) is 0. The Morgan fingerprint density at radius 1 is 1.30 bits per heavy atom. The number of anilines is 1. The summed E-state index contributed by atoms with van der Waals surface area (Å²) in [6, 6.07) is -0.295. The van der Waals surface area contributed by atoms with Crippen LogP contribution in [-0.4, -0.2) is 80.0 Å². The SMILES string of the molecule is Nc1nc2c(c(=O)[nH]1)N=C[N+]2([C@@H]1CCC[C@H](O)C1)[C@@H]1O[C@H](CO)[C@@H](O)[C@H]1O. The molecule has 1 saturated carbocycles. The summed E-state index contributed by atoms with van der Waals surface area (Å²) in [6.45, 7) is -0.475. The molecule has 0 aromatic carbocycles. The van der Waals surface area contributed by atoms with Crippen molar-refractivity contribution in [2.75, 3.05) is 12.3 Å². The maximum absolute atomic E-state index is 12.3. The zero-order valence-corrected chi connectivity index (χ0v) is 14.6. The molecule has 3 heterocycles. The Morgan fingerprint density at radius 3 is 2.74 bits per heavy atom. The Hall–Kier alpha value is -1.89. The fraction of sp³-hybridized carbons (Fsp3) is 0.688. The van der Waals surface area contributed by atoms with Crippen LogP contribution >= 0.6 is 0 Å². The molecule has 1 saturated heterocycles. The number of quaternary nitrogens is 1. The van der Waals surface area contributed by atoms with Crippen LogP contribution in [0.4, 0.5) is 17.5 Å². The van der Waals surface area contributed by atoms with Gasteiger partial charge in [0.1, 0.15) is 18.2 Å². The average molecular weight is 382 g/mol. The monoisotopic (exact) mass is 382 g/mol. The van der Waals surface area contributed by atoms with Gasteiger partial charge in [0.05, 0.1) is 12.7 Å². The first-order valence-electron chi connectivity index (χ1n) is 9.02. The number of aromatic nitrogens is 2. The number of H-pyrrole nitrogens is 1. The predicted octanol–water partition coefficient (Wildman–Crippen LogP) is -1.92. The molecule has 0 bridgehead atoms. The van der Waals surface area contributed by atoms with E-state index < -0.39 is 42.8 Å². The van der Waals surface area contributed by atoms with E-state index in [4.69, 9.17) is 10.5 Å². The van der Waals surface area contributed by atoms with Gasteiger partial charge >= 0.3 is 0 Å². The fourth-order valence-corrected chi connectivity index (χ4v) is 4.49. The normalized spacial score (nSPS) is 41.0. The minimum atomic E-state index is -1.35. The lowest BCUT2D eigenvalue weighted by molar-refractivity contribution is -0.0863. The van der Waals surface area contributed by atoms with E-state index in [1.54, 1.807) is 0 Å².